The van der Waals surface area contributed by atoms with Gasteiger partial charge in [-0.1, -0.05) is 26.7 Å². The molecule has 1 rings (SSSR count). The second-order valence-electron chi connectivity index (χ2n) is 5.14. The van der Waals surface area contributed by atoms with Crippen molar-refractivity contribution in [1.29, 1.82) is 0 Å². The van der Waals surface area contributed by atoms with E-state index >= 15 is 0 Å². The average molecular weight is 250 g/mol. The van der Waals surface area contributed by atoms with E-state index in [1.165, 1.54) is 18.7 Å². The summed E-state index contributed by atoms with van der Waals surface area (Å²) >= 11 is 0. The van der Waals surface area contributed by atoms with Crippen LogP contribution in [0.2, 0.25) is 0 Å². The van der Waals surface area contributed by atoms with Crippen molar-refractivity contribution in [2.24, 2.45) is 5.92 Å². The van der Waals surface area contributed by atoms with Crippen LogP contribution in [0.25, 0.3) is 0 Å². The van der Waals surface area contributed by atoms with Gasteiger partial charge in [0.05, 0.1) is 0 Å². The second kappa shape index (κ2) is 6.99. The molecule has 1 aromatic rings. The van der Waals surface area contributed by atoms with Crippen molar-refractivity contribution >= 4 is 5.91 Å². The van der Waals surface area contributed by atoms with Crippen LogP contribution in [0.3, 0.4) is 0 Å². The lowest BCUT2D eigenvalue weighted by atomic mass is 10.0. The van der Waals surface area contributed by atoms with Crippen molar-refractivity contribution in [1.82, 2.24) is 10.3 Å². The monoisotopic (exact) mass is 250 g/mol. The van der Waals surface area contributed by atoms with E-state index in [0.29, 0.717) is 11.5 Å². The molecule has 4 nitrogen and oxygen atoms in total. The molecule has 0 radical (unpaired) electrons. The third-order valence-corrected chi connectivity index (χ3v) is 2.83. The average Bonchev–Trinajstić information content (AvgIpc) is 2.28. The minimum Gasteiger partial charge on any atom is -0.350 e. The van der Waals surface area contributed by atoms with Crippen LogP contribution in [-0.4, -0.2) is 16.9 Å². The Morgan fingerprint density at radius 3 is 2.67 bits per heavy atom. The summed E-state index contributed by atoms with van der Waals surface area (Å²) in [5.41, 5.74) is 0.157. The fraction of sp³-hybridized carbons (Fsp3) is 0.571. The molecule has 0 fully saturated rings. The number of hydrogen-bond acceptors (Lipinski definition) is 2. The molecular formula is C14H22N2O2. The quantitative estimate of drug-likeness (QED) is 0.814. The first-order valence-corrected chi connectivity index (χ1v) is 6.48. The topological polar surface area (TPSA) is 62.0 Å². The summed E-state index contributed by atoms with van der Waals surface area (Å²) < 4.78 is 0. The maximum atomic E-state index is 11.8. The molecule has 0 aromatic carbocycles. The molecule has 0 aliphatic rings. The van der Waals surface area contributed by atoms with E-state index in [2.05, 4.69) is 24.1 Å². The summed E-state index contributed by atoms with van der Waals surface area (Å²) in [6.45, 7) is 6.38. The first-order chi connectivity index (χ1) is 8.49. The van der Waals surface area contributed by atoms with E-state index in [9.17, 15) is 9.59 Å². The van der Waals surface area contributed by atoms with Crippen LogP contribution in [-0.2, 0) is 0 Å². The van der Waals surface area contributed by atoms with E-state index in [1.807, 2.05) is 6.92 Å². The van der Waals surface area contributed by atoms with Gasteiger partial charge in [0.2, 0.25) is 5.56 Å². The van der Waals surface area contributed by atoms with Crippen molar-refractivity contribution < 1.29 is 4.79 Å². The van der Waals surface area contributed by atoms with Crippen molar-refractivity contribution in [2.75, 3.05) is 0 Å². The summed E-state index contributed by atoms with van der Waals surface area (Å²) in [7, 11) is 0. The van der Waals surface area contributed by atoms with Crippen LogP contribution in [0.15, 0.2) is 23.1 Å². The Morgan fingerprint density at radius 1 is 1.33 bits per heavy atom. The van der Waals surface area contributed by atoms with E-state index in [1.54, 1.807) is 6.07 Å². The normalized spacial score (nSPS) is 12.4. The zero-order valence-corrected chi connectivity index (χ0v) is 11.3. The van der Waals surface area contributed by atoms with Crippen LogP contribution in [0.1, 0.15) is 50.4 Å². The predicted molar refractivity (Wildman–Crippen MR) is 72.7 cm³/mol. The number of rotatable bonds is 6. The zero-order valence-electron chi connectivity index (χ0n) is 11.3. The summed E-state index contributed by atoms with van der Waals surface area (Å²) in [6.07, 6.45) is 4.73. The van der Waals surface area contributed by atoms with Gasteiger partial charge in [-0.15, -0.1) is 0 Å². The predicted octanol–water partition coefficient (Wildman–Crippen LogP) is 2.32. The Hall–Kier alpha value is -1.58. The minimum absolute atomic E-state index is 0.135. The first kappa shape index (κ1) is 14.5. The van der Waals surface area contributed by atoms with Crippen molar-refractivity contribution in [2.45, 2.75) is 46.1 Å². The van der Waals surface area contributed by atoms with Gasteiger partial charge in [0.15, 0.2) is 0 Å². The number of amides is 1. The Labute approximate surface area is 108 Å². The summed E-state index contributed by atoms with van der Waals surface area (Å²) in [4.78, 5) is 25.4. The van der Waals surface area contributed by atoms with Crippen molar-refractivity contribution in [3.8, 4) is 0 Å². The van der Waals surface area contributed by atoms with Gasteiger partial charge in [-0.2, -0.15) is 0 Å². The van der Waals surface area contributed by atoms with Gasteiger partial charge in [-0.05, 0) is 25.3 Å². The lowest BCUT2D eigenvalue weighted by Gasteiger charge is -2.14. The maximum Gasteiger partial charge on any atom is 0.251 e. The maximum absolute atomic E-state index is 11.8. The van der Waals surface area contributed by atoms with Gasteiger partial charge in [0.1, 0.15) is 0 Å². The third-order valence-electron chi connectivity index (χ3n) is 2.83. The highest BCUT2D eigenvalue weighted by Gasteiger charge is 2.10. The third kappa shape index (κ3) is 5.17. The molecule has 2 N–H and O–H groups in total. The van der Waals surface area contributed by atoms with Crippen LogP contribution >= 0.6 is 0 Å². The molecule has 4 heteroatoms. The standard InChI is InChI=1S/C14H22N2O2/c1-10(2)5-4-6-11(3)16-14(18)12-7-8-15-13(17)9-12/h7-11H,4-6H2,1-3H3,(H,15,17)(H,16,18). The Balaban J connectivity index is 2.42. The van der Waals surface area contributed by atoms with E-state index in [0.717, 1.165) is 12.8 Å². The fourth-order valence-electron chi connectivity index (χ4n) is 1.80. The van der Waals surface area contributed by atoms with Gasteiger partial charge < -0.3 is 10.3 Å². The molecule has 0 spiro atoms. The van der Waals surface area contributed by atoms with Crippen molar-refractivity contribution in [3.63, 3.8) is 0 Å². The van der Waals surface area contributed by atoms with Crippen LogP contribution in [0.5, 0.6) is 0 Å². The largest absolute Gasteiger partial charge is 0.350 e. The second-order valence-corrected chi connectivity index (χ2v) is 5.14. The summed E-state index contributed by atoms with van der Waals surface area (Å²) in [5.74, 6) is 0.513. The Kier molecular flexibility index (Phi) is 5.62. The smallest absolute Gasteiger partial charge is 0.251 e. The summed E-state index contributed by atoms with van der Waals surface area (Å²) in [6, 6.07) is 3.06. The highest BCUT2D eigenvalue weighted by molar-refractivity contribution is 5.94. The molecule has 1 aromatic heterocycles. The van der Waals surface area contributed by atoms with Crippen LogP contribution in [0, 0.1) is 5.92 Å². The number of nitrogens with one attached hydrogen (secondary N) is 2. The number of aromatic nitrogens is 1. The van der Waals surface area contributed by atoms with E-state index in [4.69, 9.17) is 0 Å². The Bertz CT molecular complexity index is 437. The van der Waals surface area contributed by atoms with Gasteiger partial charge in [0.25, 0.3) is 5.91 Å². The molecule has 100 valence electrons. The SMILES string of the molecule is CC(C)CCCC(C)NC(=O)c1cc[nH]c(=O)c1. The number of carbonyl (C=O) groups is 1. The molecular weight excluding hydrogens is 228 g/mol. The van der Waals surface area contributed by atoms with Gasteiger partial charge in [0, 0.05) is 23.9 Å². The molecule has 0 aliphatic heterocycles. The number of pyridine rings is 1. The van der Waals surface area contributed by atoms with Crippen molar-refractivity contribution in [3.05, 3.63) is 34.2 Å². The molecule has 1 heterocycles. The molecule has 0 saturated heterocycles. The van der Waals surface area contributed by atoms with E-state index in [-0.39, 0.29) is 17.5 Å². The molecule has 0 saturated carbocycles. The molecule has 0 bridgehead atoms. The Morgan fingerprint density at radius 2 is 2.06 bits per heavy atom. The highest BCUT2D eigenvalue weighted by Crippen LogP contribution is 2.08. The molecule has 18 heavy (non-hydrogen) atoms. The number of carbonyl (C=O) groups excluding carboxylic acids is 1. The van der Waals surface area contributed by atoms with Crippen LogP contribution < -0.4 is 10.9 Å². The number of H-pyrrole nitrogens is 1. The molecule has 1 amide bonds. The summed E-state index contributed by atoms with van der Waals surface area (Å²) in [5, 5.41) is 2.91. The van der Waals surface area contributed by atoms with Gasteiger partial charge >= 0.3 is 0 Å². The molecule has 0 aliphatic carbocycles. The molecule has 1 unspecified atom stereocenters. The van der Waals surface area contributed by atoms with E-state index < -0.39 is 0 Å². The van der Waals surface area contributed by atoms with Gasteiger partial charge in [-0.3, -0.25) is 9.59 Å². The fourth-order valence-corrected chi connectivity index (χ4v) is 1.80. The lowest BCUT2D eigenvalue weighted by Crippen LogP contribution is -2.33. The van der Waals surface area contributed by atoms with Gasteiger partial charge in [-0.25, -0.2) is 0 Å². The number of aromatic amines is 1. The minimum atomic E-state index is -0.255. The lowest BCUT2D eigenvalue weighted by molar-refractivity contribution is 0.0937. The first-order valence-electron chi connectivity index (χ1n) is 6.48. The number of hydrogen-bond donors (Lipinski definition) is 2. The van der Waals surface area contributed by atoms with Crippen LogP contribution in [0.4, 0.5) is 0 Å². The zero-order chi connectivity index (χ0) is 13.5. The molecule has 1 atom stereocenters. The highest BCUT2D eigenvalue weighted by atomic mass is 16.2.